The molecule has 0 spiro atoms. The fourth-order valence-corrected chi connectivity index (χ4v) is 1.71. The molecular formula is C10H14N4O4. The van der Waals surface area contributed by atoms with Crippen molar-refractivity contribution >= 4 is 11.6 Å². The lowest BCUT2D eigenvalue weighted by Gasteiger charge is -2.22. The third-order valence-corrected chi connectivity index (χ3v) is 2.63. The molecule has 0 bridgehead atoms. The summed E-state index contributed by atoms with van der Waals surface area (Å²) in [6.07, 6.45) is 3.99. The Kier molecular flexibility index (Phi) is 3.88. The van der Waals surface area contributed by atoms with Crippen LogP contribution in [0.4, 0.5) is 11.6 Å². The Bertz CT molecular complexity index is 434. The number of nitrogen functional groups attached to an aromatic ring is 1. The lowest BCUT2D eigenvalue weighted by atomic mass is 10.1. The van der Waals surface area contributed by atoms with E-state index in [0.29, 0.717) is 6.61 Å². The van der Waals surface area contributed by atoms with Gasteiger partial charge in [0.05, 0.1) is 11.0 Å². The average Bonchev–Trinajstić information content (AvgIpc) is 2.37. The van der Waals surface area contributed by atoms with Gasteiger partial charge >= 0.3 is 5.69 Å². The highest BCUT2D eigenvalue weighted by atomic mass is 16.6. The third-order valence-electron chi connectivity index (χ3n) is 2.63. The zero-order valence-electron chi connectivity index (χ0n) is 9.74. The van der Waals surface area contributed by atoms with E-state index in [4.69, 9.17) is 15.2 Å². The summed E-state index contributed by atoms with van der Waals surface area (Å²) in [6, 6.07) is 0. The number of ether oxygens (including phenoxy) is 2. The van der Waals surface area contributed by atoms with E-state index < -0.39 is 4.92 Å². The summed E-state index contributed by atoms with van der Waals surface area (Å²) in [5.74, 6) is -0.165. The first-order chi connectivity index (χ1) is 8.66. The maximum absolute atomic E-state index is 10.8. The zero-order chi connectivity index (χ0) is 13.0. The molecule has 0 radical (unpaired) electrons. The molecule has 1 fully saturated rings. The van der Waals surface area contributed by atoms with E-state index in [1.54, 1.807) is 0 Å². The number of nitro groups is 1. The van der Waals surface area contributed by atoms with Crippen LogP contribution in [0.2, 0.25) is 0 Å². The monoisotopic (exact) mass is 254 g/mol. The van der Waals surface area contributed by atoms with Crippen LogP contribution in [0.3, 0.4) is 0 Å². The highest BCUT2D eigenvalue weighted by Gasteiger charge is 2.21. The summed E-state index contributed by atoms with van der Waals surface area (Å²) in [7, 11) is 0. The quantitative estimate of drug-likeness (QED) is 0.627. The molecule has 1 aliphatic heterocycles. The first-order valence-corrected chi connectivity index (χ1v) is 5.68. The zero-order valence-corrected chi connectivity index (χ0v) is 9.74. The van der Waals surface area contributed by atoms with Crippen molar-refractivity contribution in [3.05, 3.63) is 16.3 Å². The second kappa shape index (κ2) is 5.58. The van der Waals surface area contributed by atoms with Gasteiger partial charge in [-0.05, 0) is 19.3 Å². The summed E-state index contributed by atoms with van der Waals surface area (Å²) < 4.78 is 10.8. The maximum Gasteiger partial charge on any atom is 0.349 e. The molecule has 1 aromatic heterocycles. The largest absolute Gasteiger partial charge is 0.470 e. The molecule has 1 aromatic rings. The van der Waals surface area contributed by atoms with E-state index in [0.717, 1.165) is 25.5 Å². The maximum atomic E-state index is 10.8. The van der Waals surface area contributed by atoms with Crippen LogP contribution in [-0.2, 0) is 4.74 Å². The average molecular weight is 254 g/mol. The molecule has 0 saturated carbocycles. The van der Waals surface area contributed by atoms with E-state index in [-0.39, 0.29) is 30.2 Å². The number of anilines is 1. The molecule has 1 aliphatic rings. The normalized spacial score (nSPS) is 19.4. The highest BCUT2D eigenvalue weighted by Crippen LogP contribution is 2.24. The van der Waals surface area contributed by atoms with Gasteiger partial charge in [-0.15, -0.1) is 0 Å². The van der Waals surface area contributed by atoms with Crippen molar-refractivity contribution in [1.29, 1.82) is 0 Å². The predicted molar refractivity (Wildman–Crippen MR) is 62.2 cm³/mol. The summed E-state index contributed by atoms with van der Waals surface area (Å²) in [6.45, 7) is 0.930. The Labute approximate surface area is 103 Å². The molecule has 1 unspecified atom stereocenters. The molecule has 18 heavy (non-hydrogen) atoms. The second-order valence-electron chi connectivity index (χ2n) is 3.98. The number of nitrogens with two attached hydrogens (primary N) is 1. The van der Waals surface area contributed by atoms with Crippen molar-refractivity contribution in [2.45, 2.75) is 25.4 Å². The van der Waals surface area contributed by atoms with Gasteiger partial charge in [0, 0.05) is 6.61 Å². The van der Waals surface area contributed by atoms with Crippen molar-refractivity contribution in [2.75, 3.05) is 18.9 Å². The molecule has 2 heterocycles. The molecule has 0 amide bonds. The van der Waals surface area contributed by atoms with E-state index in [9.17, 15) is 10.1 Å². The first-order valence-electron chi connectivity index (χ1n) is 5.68. The minimum Gasteiger partial charge on any atom is -0.470 e. The van der Waals surface area contributed by atoms with Gasteiger partial charge in [0.1, 0.15) is 12.8 Å². The number of aromatic nitrogens is 2. The van der Waals surface area contributed by atoms with E-state index in [1.165, 1.54) is 0 Å². The van der Waals surface area contributed by atoms with Gasteiger partial charge in [-0.1, -0.05) is 0 Å². The van der Waals surface area contributed by atoms with Crippen LogP contribution in [0.1, 0.15) is 19.3 Å². The van der Waals surface area contributed by atoms with E-state index >= 15 is 0 Å². The van der Waals surface area contributed by atoms with Crippen molar-refractivity contribution in [3.8, 4) is 5.88 Å². The summed E-state index contributed by atoms with van der Waals surface area (Å²) >= 11 is 0. The fraction of sp³-hybridized carbons (Fsp3) is 0.600. The smallest absolute Gasteiger partial charge is 0.349 e. The Morgan fingerprint density at radius 3 is 3.11 bits per heavy atom. The van der Waals surface area contributed by atoms with Crippen LogP contribution in [0.25, 0.3) is 0 Å². The molecular weight excluding hydrogens is 240 g/mol. The van der Waals surface area contributed by atoms with E-state index in [2.05, 4.69) is 9.97 Å². The summed E-state index contributed by atoms with van der Waals surface area (Å²) in [4.78, 5) is 17.5. The summed E-state index contributed by atoms with van der Waals surface area (Å²) in [5.41, 5.74) is 5.09. The minimum absolute atomic E-state index is 0.0467. The van der Waals surface area contributed by atoms with Crippen molar-refractivity contribution in [1.82, 2.24) is 9.97 Å². The number of nitrogens with zero attached hydrogens (tertiary/aromatic N) is 3. The molecule has 98 valence electrons. The number of rotatable bonds is 4. The lowest BCUT2D eigenvalue weighted by Crippen LogP contribution is -2.26. The van der Waals surface area contributed by atoms with Crippen molar-refractivity contribution in [3.63, 3.8) is 0 Å². The third kappa shape index (κ3) is 3.04. The van der Waals surface area contributed by atoms with Gasteiger partial charge in [0.15, 0.2) is 0 Å². The number of hydrogen-bond donors (Lipinski definition) is 1. The molecule has 0 aromatic carbocycles. The molecule has 1 saturated heterocycles. The van der Waals surface area contributed by atoms with Gasteiger partial charge < -0.3 is 15.2 Å². The van der Waals surface area contributed by atoms with Crippen LogP contribution < -0.4 is 10.5 Å². The van der Waals surface area contributed by atoms with Crippen LogP contribution in [-0.4, -0.2) is 34.2 Å². The minimum atomic E-state index is -0.601. The fourth-order valence-electron chi connectivity index (χ4n) is 1.71. The highest BCUT2D eigenvalue weighted by molar-refractivity contribution is 5.41. The SMILES string of the molecule is Nc1ncc([N+](=O)[O-])c(OCC2CCCCO2)n1. The lowest BCUT2D eigenvalue weighted by molar-refractivity contribution is -0.386. The standard InChI is InChI=1S/C10H14N4O4/c11-10-12-5-8(14(15)16)9(13-10)18-6-7-3-1-2-4-17-7/h5,7H,1-4,6H2,(H2,11,12,13). The first kappa shape index (κ1) is 12.5. The topological polar surface area (TPSA) is 113 Å². The Hall–Kier alpha value is -1.96. The Morgan fingerprint density at radius 1 is 1.61 bits per heavy atom. The second-order valence-corrected chi connectivity index (χ2v) is 3.98. The van der Waals surface area contributed by atoms with Crippen molar-refractivity contribution < 1.29 is 14.4 Å². The molecule has 1 atom stereocenters. The van der Waals surface area contributed by atoms with Gasteiger partial charge in [-0.3, -0.25) is 10.1 Å². The molecule has 8 heteroatoms. The predicted octanol–water partition coefficient (Wildman–Crippen LogP) is 0.915. The van der Waals surface area contributed by atoms with E-state index in [1.807, 2.05) is 0 Å². The molecule has 0 aliphatic carbocycles. The van der Waals surface area contributed by atoms with Crippen LogP contribution in [0.15, 0.2) is 6.20 Å². The molecule has 8 nitrogen and oxygen atoms in total. The van der Waals surface area contributed by atoms with Gasteiger partial charge in [0.2, 0.25) is 5.95 Å². The molecule has 2 rings (SSSR count). The van der Waals surface area contributed by atoms with Crippen molar-refractivity contribution in [2.24, 2.45) is 0 Å². The Balaban J connectivity index is 2.03. The molecule has 2 N–H and O–H groups in total. The van der Waals surface area contributed by atoms with Crippen LogP contribution in [0.5, 0.6) is 5.88 Å². The van der Waals surface area contributed by atoms with Gasteiger partial charge in [-0.2, -0.15) is 4.98 Å². The number of hydrogen-bond acceptors (Lipinski definition) is 7. The van der Waals surface area contributed by atoms with Crippen LogP contribution >= 0.6 is 0 Å². The summed E-state index contributed by atoms with van der Waals surface area (Å²) in [5, 5.41) is 10.8. The van der Waals surface area contributed by atoms with Crippen LogP contribution in [0, 0.1) is 10.1 Å². The Morgan fingerprint density at radius 2 is 2.44 bits per heavy atom. The van der Waals surface area contributed by atoms with Gasteiger partial charge in [0.25, 0.3) is 5.88 Å². The van der Waals surface area contributed by atoms with Gasteiger partial charge in [-0.25, -0.2) is 4.98 Å².